The summed E-state index contributed by atoms with van der Waals surface area (Å²) in [5.41, 5.74) is 1.87. The summed E-state index contributed by atoms with van der Waals surface area (Å²) in [6.45, 7) is 3.92. The number of hydrogen-bond donors (Lipinski definition) is 0. The van der Waals surface area contributed by atoms with Crippen molar-refractivity contribution in [2.75, 3.05) is 0 Å². The predicted molar refractivity (Wildman–Crippen MR) is 93.0 cm³/mol. The van der Waals surface area contributed by atoms with E-state index in [4.69, 9.17) is 4.74 Å². The zero-order valence-electron chi connectivity index (χ0n) is 13.1. The summed E-state index contributed by atoms with van der Waals surface area (Å²) in [5.74, 6) is 1.39. The third-order valence-electron chi connectivity index (χ3n) is 3.90. The number of rotatable bonds is 2. The maximum Gasteiger partial charge on any atom is 0.227 e. The molecule has 2 aromatic heterocycles. The van der Waals surface area contributed by atoms with Crippen LogP contribution in [0.1, 0.15) is 11.4 Å². The van der Waals surface area contributed by atoms with Gasteiger partial charge in [0.1, 0.15) is 5.75 Å². The highest BCUT2D eigenvalue weighted by atomic mass is 16.5. The first-order valence-corrected chi connectivity index (χ1v) is 7.60. The third-order valence-corrected chi connectivity index (χ3v) is 3.90. The van der Waals surface area contributed by atoms with Crippen LogP contribution in [0.3, 0.4) is 0 Å². The Morgan fingerprint density at radius 1 is 0.783 bits per heavy atom. The van der Waals surface area contributed by atoms with Gasteiger partial charge < -0.3 is 4.74 Å². The van der Waals surface area contributed by atoms with E-state index in [1.807, 2.05) is 32.0 Å². The van der Waals surface area contributed by atoms with E-state index in [0.29, 0.717) is 5.88 Å². The predicted octanol–water partition coefficient (Wildman–Crippen LogP) is 5.19. The lowest BCUT2D eigenvalue weighted by atomic mass is 10.0. The van der Waals surface area contributed by atoms with E-state index in [1.54, 1.807) is 6.20 Å². The molecular formula is C20H16N2O. The van der Waals surface area contributed by atoms with Gasteiger partial charge >= 0.3 is 0 Å². The number of nitrogens with zero attached hydrogens (tertiary/aromatic N) is 2. The molecule has 2 heterocycles. The molecule has 23 heavy (non-hydrogen) atoms. The van der Waals surface area contributed by atoms with Crippen LogP contribution in [0.4, 0.5) is 0 Å². The molecule has 4 rings (SSSR count). The van der Waals surface area contributed by atoms with Crippen LogP contribution in [0.2, 0.25) is 0 Å². The molecule has 0 spiro atoms. The Morgan fingerprint density at radius 2 is 1.57 bits per heavy atom. The first-order chi connectivity index (χ1) is 11.2. The Balaban J connectivity index is 1.88. The van der Waals surface area contributed by atoms with Crippen LogP contribution in [0, 0.1) is 13.8 Å². The molecule has 4 aromatic rings. The summed E-state index contributed by atoms with van der Waals surface area (Å²) in [7, 11) is 0. The van der Waals surface area contributed by atoms with Crippen LogP contribution in [-0.4, -0.2) is 9.97 Å². The van der Waals surface area contributed by atoms with Crippen molar-refractivity contribution in [1.29, 1.82) is 0 Å². The van der Waals surface area contributed by atoms with Crippen molar-refractivity contribution in [3.05, 3.63) is 72.2 Å². The fourth-order valence-electron chi connectivity index (χ4n) is 2.96. The van der Waals surface area contributed by atoms with Gasteiger partial charge in [0.15, 0.2) is 0 Å². The Bertz CT molecular complexity index is 1000. The third kappa shape index (κ3) is 2.50. The number of fused-ring (bicyclic) bond motifs is 3. The lowest BCUT2D eigenvalue weighted by molar-refractivity contribution is 0.467. The Hall–Kier alpha value is -2.94. The Labute approximate surface area is 134 Å². The second kappa shape index (κ2) is 5.36. The standard InChI is InChI=1S/C20H16N2O/c1-13-11-16(12-14(2)22-13)23-20-19-8-7-15-5-3-4-6-17(15)18(19)9-10-21-20/h3-12H,1-2H3. The second-order valence-electron chi connectivity index (χ2n) is 5.69. The van der Waals surface area contributed by atoms with Gasteiger partial charge in [-0.05, 0) is 42.1 Å². The van der Waals surface area contributed by atoms with Crippen LogP contribution >= 0.6 is 0 Å². The molecule has 0 unspecified atom stereocenters. The van der Waals surface area contributed by atoms with E-state index >= 15 is 0 Å². The van der Waals surface area contributed by atoms with Crippen molar-refractivity contribution in [3.8, 4) is 11.6 Å². The maximum absolute atomic E-state index is 6.05. The van der Waals surface area contributed by atoms with Crippen LogP contribution < -0.4 is 4.74 Å². The molecule has 0 N–H and O–H groups in total. The summed E-state index contributed by atoms with van der Waals surface area (Å²) in [6, 6.07) is 18.4. The average Bonchev–Trinajstić information content (AvgIpc) is 2.54. The monoisotopic (exact) mass is 300 g/mol. The highest BCUT2D eigenvalue weighted by Crippen LogP contribution is 2.32. The number of aromatic nitrogens is 2. The smallest absolute Gasteiger partial charge is 0.227 e. The van der Waals surface area contributed by atoms with E-state index in [0.717, 1.165) is 27.9 Å². The van der Waals surface area contributed by atoms with Crippen molar-refractivity contribution in [2.45, 2.75) is 13.8 Å². The van der Waals surface area contributed by atoms with Gasteiger partial charge in [-0.2, -0.15) is 0 Å². The van der Waals surface area contributed by atoms with Gasteiger partial charge in [-0.25, -0.2) is 4.98 Å². The number of benzene rings is 2. The zero-order chi connectivity index (χ0) is 15.8. The molecule has 0 atom stereocenters. The quantitative estimate of drug-likeness (QED) is 0.478. The molecule has 0 saturated carbocycles. The summed E-state index contributed by atoms with van der Waals surface area (Å²) in [4.78, 5) is 8.80. The minimum absolute atomic E-state index is 0.623. The lowest BCUT2D eigenvalue weighted by Crippen LogP contribution is -1.93. The van der Waals surface area contributed by atoms with Gasteiger partial charge in [0.05, 0.1) is 0 Å². The fraction of sp³-hybridized carbons (Fsp3) is 0.100. The molecule has 0 aliphatic rings. The van der Waals surface area contributed by atoms with Crippen LogP contribution in [-0.2, 0) is 0 Å². The largest absolute Gasteiger partial charge is 0.438 e. The normalized spacial score (nSPS) is 11.0. The summed E-state index contributed by atoms with van der Waals surface area (Å²) in [6.07, 6.45) is 1.80. The second-order valence-corrected chi connectivity index (χ2v) is 5.69. The summed E-state index contributed by atoms with van der Waals surface area (Å²) in [5, 5.41) is 4.58. The molecule has 0 radical (unpaired) electrons. The minimum Gasteiger partial charge on any atom is -0.438 e. The number of ether oxygens (including phenoxy) is 1. The lowest BCUT2D eigenvalue weighted by Gasteiger charge is -2.10. The van der Waals surface area contributed by atoms with Crippen molar-refractivity contribution in [3.63, 3.8) is 0 Å². The van der Waals surface area contributed by atoms with Gasteiger partial charge in [-0.3, -0.25) is 4.98 Å². The SMILES string of the molecule is Cc1cc(Oc2nccc3c2ccc2ccccc23)cc(C)n1. The van der Waals surface area contributed by atoms with Gasteiger partial charge in [-0.15, -0.1) is 0 Å². The fourth-order valence-corrected chi connectivity index (χ4v) is 2.96. The van der Waals surface area contributed by atoms with Crippen LogP contribution in [0.25, 0.3) is 21.5 Å². The molecule has 0 bridgehead atoms. The van der Waals surface area contributed by atoms with Crippen LogP contribution in [0.15, 0.2) is 60.8 Å². The molecule has 3 nitrogen and oxygen atoms in total. The highest BCUT2D eigenvalue weighted by Gasteiger charge is 2.08. The Morgan fingerprint density at radius 3 is 2.39 bits per heavy atom. The molecule has 3 heteroatoms. The topological polar surface area (TPSA) is 35.0 Å². The van der Waals surface area contributed by atoms with E-state index in [1.165, 1.54) is 10.8 Å². The van der Waals surface area contributed by atoms with Crippen molar-refractivity contribution < 1.29 is 4.74 Å². The highest BCUT2D eigenvalue weighted by molar-refractivity contribution is 6.08. The first-order valence-electron chi connectivity index (χ1n) is 7.60. The van der Waals surface area contributed by atoms with Crippen molar-refractivity contribution in [1.82, 2.24) is 9.97 Å². The zero-order valence-corrected chi connectivity index (χ0v) is 13.1. The number of pyridine rings is 2. The number of hydrogen-bond acceptors (Lipinski definition) is 3. The maximum atomic E-state index is 6.05. The first kappa shape index (κ1) is 13.7. The van der Waals surface area contributed by atoms with E-state index in [9.17, 15) is 0 Å². The van der Waals surface area contributed by atoms with Crippen molar-refractivity contribution in [2.24, 2.45) is 0 Å². The molecule has 112 valence electrons. The van der Waals surface area contributed by atoms with E-state index in [2.05, 4.69) is 46.4 Å². The minimum atomic E-state index is 0.623. The molecule has 0 fully saturated rings. The Kier molecular flexibility index (Phi) is 3.19. The van der Waals surface area contributed by atoms with Gasteiger partial charge in [0, 0.05) is 35.1 Å². The summed E-state index contributed by atoms with van der Waals surface area (Å²) >= 11 is 0. The van der Waals surface area contributed by atoms with Crippen LogP contribution in [0.5, 0.6) is 11.6 Å². The molecule has 0 aliphatic heterocycles. The van der Waals surface area contributed by atoms with E-state index < -0.39 is 0 Å². The molecule has 0 saturated heterocycles. The number of aryl methyl sites for hydroxylation is 2. The van der Waals surface area contributed by atoms with E-state index in [-0.39, 0.29) is 0 Å². The van der Waals surface area contributed by atoms with Gasteiger partial charge in [0.2, 0.25) is 5.88 Å². The average molecular weight is 300 g/mol. The molecule has 2 aromatic carbocycles. The van der Waals surface area contributed by atoms with Crippen molar-refractivity contribution >= 4 is 21.5 Å². The summed E-state index contributed by atoms with van der Waals surface area (Å²) < 4.78 is 6.05. The van der Waals surface area contributed by atoms with Gasteiger partial charge in [0.25, 0.3) is 0 Å². The molecular weight excluding hydrogens is 284 g/mol. The molecule has 0 amide bonds. The van der Waals surface area contributed by atoms with Gasteiger partial charge in [-0.1, -0.05) is 30.3 Å². The molecule has 0 aliphatic carbocycles.